The molecule has 0 saturated heterocycles. The van der Waals surface area contributed by atoms with Crippen LogP contribution in [0, 0.1) is 0 Å². The summed E-state index contributed by atoms with van der Waals surface area (Å²) in [6.07, 6.45) is 0. The van der Waals surface area contributed by atoms with Gasteiger partial charge in [0, 0.05) is 21.9 Å². The second-order valence-corrected chi connectivity index (χ2v) is 11.5. The molecule has 49 heavy (non-hydrogen) atoms. The van der Waals surface area contributed by atoms with Crippen LogP contribution in [0.3, 0.4) is 0 Å². The summed E-state index contributed by atoms with van der Waals surface area (Å²) in [6.45, 7) is 0. The molecule has 10 aromatic rings. The van der Waals surface area contributed by atoms with Gasteiger partial charge in [-0.25, -0.2) is 0 Å². The van der Waals surface area contributed by atoms with E-state index in [0.29, 0.717) is 16.3 Å². The third-order valence-corrected chi connectivity index (χ3v) is 8.86. The maximum absolute atomic E-state index is 9.90. The summed E-state index contributed by atoms with van der Waals surface area (Å²) in [4.78, 5) is 0. The topological polar surface area (TPSA) is 13.1 Å². The molecule has 0 saturated carbocycles. The highest BCUT2D eigenvalue weighted by Crippen LogP contribution is 2.47. The highest BCUT2D eigenvalue weighted by Gasteiger charge is 2.21. The molecule has 0 amide bonds. The van der Waals surface area contributed by atoms with Crippen molar-refractivity contribution in [3.63, 3.8) is 0 Å². The maximum atomic E-state index is 9.90. The summed E-state index contributed by atoms with van der Waals surface area (Å²) in [6, 6.07) is 12.5. The largest absolute Gasteiger partial charge is 0.455 e. The second-order valence-electron chi connectivity index (χ2n) is 11.5. The van der Waals surface area contributed by atoms with Crippen LogP contribution < -0.4 is 0 Å². The van der Waals surface area contributed by atoms with Crippen LogP contribution in [-0.2, 0) is 0 Å². The van der Waals surface area contributed by atoms with Gasteiger partial charge in [-0.1, -0.05) is 182 Å². The Bertz CT molecular complexity index is 3760. The van der Waals surface area contributed by atoms with Crippen LogP contribution in [0.15, 0.2) is 186 Å². The average Bonchev–Trinajstić information content (AvgIpc) is 3.72. The molecule has 1 heteroatoms. The van der Waals surface area contributed by atoms with Crippen LogP contribution in [0.2, 0.25) is 0 Å². The summed E-state index contributed by atoms with van der Waals surface area (Å²) in [5, 5.41) is 1.49. The molecule has 9 aromatic carbocycles. The molecule has 1 nitrogen and oxygen atoms in total. The van der Waals surface area contributed by atoms with Crippen LogP contribution >= 0.6 is 0 Å². The van der Waals surface area contributed by atoms with Crippen LogP contribution in [-0.4, -0.2) is 0 Å². The van der Waals surface area contributed by atoms with Crippen molar-refractivity contribution in [3.8, 4) is 44.5 Å². The number of hydrogen-bond donors (Lipinski definition) is 0. The molecule has 10 rings (SSSR count). The Morgan fingerprint density at radius 1 is 0.306 bits per heavy atom. The molecule has 228 valence electrons. The van der Waals surface area contributed by atoms with E-state index in [-0.39, 0.29) is 27.1 Å². The van der Waals surface area contributed by atoms with Crippen molar-refractivity contribution < 1.29 is 27.7 Å². The van der Waals surface area contributed by atoms with Crippen molar-refractivity contribution >= 4 is 54.3 Å². The van der Waals surface area contributed by atoms with Gasteiger partial charge >= 0.3 is 0 Å². The number of benzene rings is 9. The number of furan rings is 1. The SMILES string of the molecule is [2H]c1c([2H])c([2H])c(-c2c([2H])c([2H])c([2H])c3c2oc2c(-c4c([2H])c([2H])c(-c5c6ccccc6c(-c6ccccc6)c6ccccc56)c5c([2H])c([2H])c([2H])c([2H])c45)c([2H])c([2H])c([2H])c23)c([2H])c1[2H]. The zero-order valence-corrected chi connectivity index (χ0v) is 25.4. The van der Waals surface area contributed by atoms with Gasteiger partial charge in [0.25, 0.3) is 0 Å². The number of fused-ring (bicyclic) bond motifs is 6. The van der Waals surface area contributed by atoms with Gasteiger partial charge in [-0.3, -0.25) is 0 Å². The highest BCUT2D eigenvalue weighted by atomic mass is 16.3. The van der Waals surface area contributed by atoms with Gasteiger partial charge in [-0.05, 0) is 65.7 Å². The first-order chi connectivity index (χ1) is 31.4. The van der Waals surface area contributed by atoms with E-state index >= 15 is 0 Å². The minimum Gasteiger partial charge on any atom is -0.455 e. The molecular weight excluding hydrogens is 593 g/mol. The third kappa shape index (κ3) is 4.26. The number of rotatable bonds is 4. The Labute approximate surface area is 308 Å². The molecule has 0 fully saturated rings. The molecular formula is C48H30O. The fourth-order valence-electron chi connectivity index (χ4n) is 6.80. The lowest BCUT2D eigenvalue weighted by Gasteiger charge is -2.19. The van der Waals surface area contributed by atoms with E-state index in [4.69, 9.17) is 20.9 Å². The molecule has 0 atom stereocenters. The summed E-state index contributed by atoms with van der Waals surface area (Å²) in [7, 11) is 0. The minimum atomic E-state index is -0.775. The summed E-state index contributed by atoms with van der Waals surface area (Å²) < 4.78 is 160. The van der Waals surface area contributed by atoms with E-state index in [0.717, 1.165) is 21.9 Å². The molecule has 1 heterocycles. The van der Waals surface area contributed by atoms with Crippen LogP contribution in [0.1, 0.15) is 23.3 Å². The summed E-state index contributed by atoms with van der Waals surface area (Å²) >= 11 is 0. The summed E-state index contributed by atoms with van der Waals surface area (Å²) in [5.74, 6) is 0. The smallest absolute Gasteiger partial charge is 0.143 e. The lowest BCUT2D eigenvalue weighted by atomic mass is 9.84. The molecule has 0 radical (unpaired) electrons. The van der Waals surface area contributed by atoms with Crippen molar-refractivity contribution in [1.29, 1.82) is 0 Å². The average molecular weight is 640 g/mol. The Morgan fingerprint density at radius 3 is 1.45 bits per heavy atom. The van der Waals surface area contributed by atoms with Gasteiger partial charge in [-0.2, -0.15) is 0 Å². The van der Waals surface area contributed by atoms with E-state index in [1.165, 1.54) is 0 Å². The molecule has 0 aliphatic heterocycles. The van der Waals surface area contributed by atoms with Crippen LogP contribution in [0.4, 0.5) is 0 Å². The normalized spacial score (nSPS) is 16.5. The fourth-order valence-corrected chi connectivity index (χ4v) is 6.80. The Morgan fingerprint density at radius 2 is 0.796 bits per heavy atom. The molecule has 0 bridgehead atoms. The van der Waals surface area contributed by atoms with Crippen molar-refractivity contribution in [1.82, 2.24) is 0 Å². The zero-order chi connectivity index (χ0) is 47.1. The molecule has 0 N–H and O–H groups in total. The van der Waals surface area contributed by atoms with Gasteiger partial charge in [0.15, 0.2) is 0 Å². The van der Waals surface area contributed by atoms with E-state index < -0.39 is 136 Å². The lowest BCUT2D eigenvalue weighted by Crippen LogP contribution is -1.92. The van der Waals surface area contributed by atoms with E-state index in [1.54, 1.807) is 12.1 Å². The predicted molar refractivity (Wildman–Crippen MR) is 208 cm³/mol. The number of hydrogen-bond acceptors (Lipinski definition) is 1. The van der Waals surface area contributed by atoms with Crippen LogP contribution in [0.5, 0.6) is 0 Å². The van der Waals surface area contributed by atoms with E-state index in [1.807, 2.05) is 66.7 Å². The van der Waals surface area contributed by atoms with Crippen molar-refractivity contribution in [3.05, 3.63) is 182 Å². The van der Waals surface area contributed by atoms with Gasteiger partial charge < -0.3 is 4.42 Å². The molecule has 1 aromatic heterocycles. The zero-order valence-electron chi connectivity index (χ0n) is 42.4. The molecule has 0 aliphatic carbocycles. The van der Waals surface area contributed by atoms with E-state index in [2.05, 4.69) is 0 Å². The fraction of sp³-hybridized carbons (Fsp3) is 0. The quantitative estimate of drug-likeness (QED) is 0.175. The van der Waals surface area contributed by atoms with Gasteiger partial charge in [-0.15, -0.1) is 0 Å². The van der Waals surface area contributed by atoms with Gasteiger partial charge in [0.2, 0.25) is 0 Å². The Kier molecular flexibility index (Phi) is 3.54. The van der Waals surface area contributed by atoms with Crippen molar-refractivity contribution in [2.24, 2.45) is 0 Å². The lowest BCUT2D eigenvalue weighted by molar-refractivity contribution is 0.671. The highest BCUT2D eigenvalue weighted by molar-refractivity contribution is 6.24. The summed E-state index contributed by atoms with van der Waals surface area (Å²) in [5.41, 5.74) is -0.782. The first-order valence-electron chi connectivity index (χ1n) is 24.0. The predicted octanol–water partition coefficient (Wildman–Crippen LogP) is 13.7. The monoisotopic (exact) mass is 639 g/mol. The van der Waals surface area contributed by atoms with Gasteiger partial charge in [0.05, 0.1) is 23.3 Å². The first kappa shape index (κ1) is 15.6. The van der Waals surface area contributed by atoms with E-state index in [9.17, 15) is 6.85 Å². The minimum absolute atomic E-state index is 0.0111. The molecule has 0 unspecified atom stereocenters. The third-order valence-electron chi connectivity index (χ3n) is 8.86. The van der Waals surface area contributed by atoms with Crippen molar-refractivity contribution in [2.45, 2.75) is 0 Å². The molecule has 0 spiro atoms. The van der Waals surface area contributed by atoms with Gasteiger partial charge in [0.1, 0.15) is 11.2 Å². The Balaban J connectivity index is 1.43. The Hall–Kier alpha value is -6.44. The first-order valence-corrected chi connectivity index (χ1v) is 15.5. The van der Waals surface area contributed by atoms with Crippen molar-refractivity contribution in [2.75, 3.05) is 0 Å². The number of para-hydroxylation sites is 2. The maximum Gasteiger partial charge on any atom is 0.143 e. The molecule has 0 aliphatic rings. The standard InChI is InChI=1S/C48H30O/c1-3-15-31(16-4-1)33-25-13-27-43-44-28-14-26-42(48(44)49-47(33)43)36-29-30-41(35-20-8-7-19-34(35)36)46-39-23-11-9-21-37(39)45(32-17-5-2-6-18-32)38-22-10-12-24-40(38)46/h1-30H/i1D,3D,4D,7D,8D,13D,14D,15D,16D,19D,20D,25D,26D,27D,28D,29D,30D. The van der Waals surface area contributed by atoms with Crippen LogP contribution in [0.25, 0.3) is 98.8 Å². The second kappa shape index (κ2) is 11.1.